The SMILES string of the molecule is COc1cc2ncn(CCCC(=O)Nc3ncccc3OCc3ccncc3)c(=O)c2cc1OC. The van der Waals surface area contributed by atoms with Crippen molar-refractivity contribution in [2.45, 2.75) is 26.0 Å². The van der Waals surface area contributed by atoms with Gasteiger partial charge in [-0.05, 0) is 42.3 Å². The van der Waals surface area contributed by atoms with Gasteiger partial charge in [-0.2, -0.15) is 0 Å². The Morgan fingerprint density at radius 3 is 2.54 bits per heavy atom. The van der Waals surface area contributed by atoms with Crippen LogP contribution in [0.2, 0.25) is 0 Å². The number of pyridine rings is 2. The Morgan fingerprint density at radius 2 is 1.77 bits per heavy atom. The molecule has 35 heavy (non-hydrogen) atoms. The standard InChI is InChI=1S/C25H25N5O5/c1-33-21-13-18-19(14-22(21)34-2)28-16-30(25(18)32)12-4-6-23(31)29-24-20(5-3-9-27-24)35-15-17-7-10-26-11-8-17/h3,5,7-11,13-14,16H,4,6,12,15H2,1-2H3,(H,27,29,31). The fourth-order valence-corrected chi connectivity index (χ4v) is 3.49. The molecule has 3 aromatic heterocycles. The first-order valence-electron chi connectivity index (χ1n) is 11.0. The molecule has 3 heterocycles. The molecule has 0 unspecified atom stereocenters. The highest BCUT2D eigenvalue weighted by Crippen LogP contribution is 2.29. The van der Waals surface area contributed by atoms with Crippen LogP contribution in [-0.4, -0.2) is 39.6 Å². The fourth-order valence-electron chi connectivity index (χ4n) is 3.49. The Hall–Kier alpha value is -4.47. The number of carbonyl (C=O) groups excluding carboxylic acids is 1. The maximum Gasteiger partial charge on any atom is 0.261 e. The number of hydrogen-bond acceptors (Lipinski definition) is 8. The number of fused-ring (bicyclic) bond motifs is 1. The van der Waals surface area contributed by atoms with Crippen molar-refractivity contribution in [1.29, 1.82) is 0 Å². The number of aryl methyl sites for hydroxylation is 1. The molecular formula is C25H25N5O5. The van der Waals surface area contributed by atoms with E-state index in [4.69, 9.17) is 14.2 Å². The summed E-state index contributed by atoms with van der Waals surface area (Å²) in [6.45, 7) is 0.656. The molecular weight excluding hydrogens is 450 g/mol. The number of rotatable bonds is 10. The Bertz CT molecular complexity index is 1370. The summed E-state index contributed by atoms with van der Waals surface area (Å²) >= 11 is 0. The summed E-state index contributed by atoms with van der Waals surface area (Å²) in [6.07, 6.45) is 7.06. The second kappa shape index (κ2) is 11.1. The van der Waals surface area contributed by atoms with Gasteiger partial charge >= 0.3 is 0 Å². The fraction of sp³-hybridized carbons (Fsp3) is 0.240. The summed E-state index contributed by atoms with van der Waals surface area (Å²) in [5.41, 5.74) is 1.25. The number of ether oxygens (including phenoxy) is 3. The van der Waals surface area contributed by atoms with Crippen molar-refractivity contribution in [3.8, 4) is 17.2 Å². The van der Waals surface area contributed by atoms with E-state index in [1.165, 1.54) is 25.1 Å². The highest BCUT2D eigenvalue weighted by atomic mass is 16.5. The summed E-state index contributed by atoms with van der Waals surface area (Å²) in [5, 5.41) is 3.20. The molecule has 0 radical (unpaired) electrons. The van der Waals surface area contributed by atoms with Crippen LogP contribution in [-0.2, 0) is 17.9 Å². The first-order chi connectivity index (χ1) is 17.1. The van der Waals surface area contributed by atoms with E-state index in [2.05, 4.69) is 20.3 Å². The zero-order chi connectivity index (χ0) is 24.6. The van der Waals surface area contributed by atoms with Crippen LogP contribution in [0.4, 0.5) is 5.82 Å². The number of carbonyl (C=O) groups is 1. The zero-order valence-corrected chi connectivity index (χ0v) is 19.4. The third-order valence-electron chi connectivity index (χ3n) is 5.30. The molecule has 10 nitrogen and oxygen atoms in total. The second-order valence-corrected chi connectivity index (χ2v) is 7.61. The maximum atomic E-state index is 12.9. The number of amides is 1. The van der Waals surface area contributed by atoms with E-state index in [0.29, 0.717) is 53.5 Å². The van der Waals surface area contributed by atoms with Crippen molar-refractivity contribution in [2.75, 3.05) is 19.5 Å². The number of hydrogen-bond donors (Lipinski definition) is 1. The minimum Gasteiger partial charge on any atom is -0.493 e. The lowest BCUT2D eigenvalue weighted by Crippen LogP contribution is -2.22. The normalized spacial score (nSPS) is 10.7. The van der Waals surface area contributed by atoms with Gasteiger partial charge in [0.15, 0.2) is 23.1 Å². The lowest BCUT2D eigenvalue weighted by Gasteiger charge is -2.12. The van der Waals surface area contributed by atoms with Crippen molar-refractivity contribution in [2.24, 2.45) is 0 Å². The van der Waals surface area contributed by atoms with Crippen molar-refractivity contribution in [3.05, 3.63) is 77.2 Å². The van der Waals surface area contributed by atoms with Crippen molar-refractivity contribution in [3.63, 3.8) is 0 Å². The minimum atomic E-state index is -0.231. The van der Waals surface area contributed by atoms with Crippen molar-refractivity contribution >= 4 is 22.6 Å². The van der Waals surface area contributed by atoms with Gasteiger partial charge in [-0.3, -0.25) is 19.1 Å². The first-order valence-corrected chi connectivity index (χ1v) is 11.0. The monoisotopic (exact) mass is 475 g/mol. The molecule has 4 aromatic rings. The molecule has 180 valence electrons. The highest BCUT2D eigenvalue weighted by Gasteiger charge is 2.13. The Morgan fingerprint density at radius 1 is 1.00 bits per heavy atom. The third kappa shape index (κ3) is 5.72. The summed E-state index contributed by atoms with van der Waals surface area (Å²) in [7, 11) is 3.03. The number of benzene rings is 1. The molecule has 0 aliphatic rings. The Labute approximate surface area is 201 Å². The highest BCUT2D eigenvalue weighted by molar-refractivity contribution is 5.91. The molecule has 0 saturated heterocycles. The molecule has 0 saturated carbocycles. The van der Waals surface area contributed by atoms with Gasteiger partial charge < -0.3 is 19.5 Å². The van der Waals surface area contributed by atoms with E-state index in [1.54, 1.807) is 42.9 Å². The number of aromatic nitrogens is 4. The molecule has 0 atom stereocenters. The average molecular weight is 476 g/mol. The Balaban J connectivity index is 1.37. The molecule has 0 fully saturated rings. The van der Waals surface area contributed by atoms with E-state index in [1.807, 2.05) is 12.1 Å². The van der Waals surface area contributed by atoms with Gasteiger partial charge in [0, 0.05) is 37.6 Å². The summed E-state index contributed by atoms with van der Waals surface area (Å²) < 4.78 is 17.8. The van der Waals surface area contributed by atoms with Crippen LogP contribution >= 0.6 is 0 Å². The average Bonchev–Trinajstić information content (AvgIpc) is 2.89. The summed E-state index contributed by atoms with van der Waals surface area (Å²) in [4.78, 5) is 38.0. The zero-order valence-electron chi connectivity index (χ0n) is 19.4. The van der Waals surface area contributed by atoms with Crippen LogP contribution in [0.25, 0.3) is 10.9 Å². The van der Waals surface area contributed by atoms with Crippen molar-refractivity contribution in [1.82, 2.24) is 19.5 Å². The van der Waals surface area contributed by atoms with Gasteiger partial charge in [-0.1, -0.05) is 0 Å². The summed E-state index contributed by atoms with van der Waals surface area (Å²) in [5.74, 6) is 1.54. The lowest BCUT2D eigenvalue weighted by molar-refractivity contribution is -0.116. The molecule has 0 spiro atoms. The molecule has 0 aliphatic heterocycles. The van der Waals surface area contributed by atoms with E-state index < -0.39 is 0 Å². The summed E-state index contributed by atoms with van der Waals surface area (Å²) in [6, 6.07) is 10.5. The molecule has 1 N–H and O–H groups in total. The van der Waals surface area contributed by atoms with E-state index in [9.17, 15) is 9.59 Å². The van der Waals surface area contributed by atoms with Crippen LogP contribution in [0.3, 0.4) is 0 Å². The van der Waals surface area contributed by atoms with Gasteiger partial charge in [0.05, 0.1) is 31.4 Å². The van der Waals surface area contributed by atoms with Crippen LogP contribution in [0.15, 0.2) is 66.1 Å². The lowest BCUT2D eigenvalue weighted by atomic mass is 10.2. The van der Waals surface area contributed by atoms with E-state index >= 15 is 0 Å². The van der Waals surface area contributed by atoms with Gasteiger partial charge in [0.1, 0.15) is 6.61 Å². The van der Waals surface area contributed by atoms with Gasteiger partial charge in [0.25, 0.3) is 5.56 Å². The Kier molecular flexibility index (Phi) is 7.51. The number of nitrogens with one attached hydrogen (secondary N) is 1. The van der Waals surface area contributed by atoms with Crippen LogP contribution in [0.1, 0.15) is 18.4 Å². The minimum absolute atomic E-state index is 0.191. The quantitative estimate of drug-likeness (QED) is 0.372. The molecule has 0 aliphatic carbocycles. The van der Waals surface area contributed by atoms with Crippen LogP contribution in [0, 0.1) is 0 Å². The predicted octanol–water partition coefficient (Wildman–Crippen LogP) is 3.20. The second-order valence-electron chi connectivity index (χ2n) is 7.61. The van der Waals surface area contributed by atoms with Crippen molar-refractivity contribution < 1.29 is 19.0 Å². The maximum absolute atomic E-state index is 12.9. The van der Waals surface area contributed by atoms with E-state index in [-0.39, 0.29) is 17.9 Å². The number of nitrogens with zero attached hydrogens (tertiary/aromatic N) is 4. The topological polar surface area (TPSA) is 117 Å². The number of methoxy groups -OCH3 is 2. The van der Waals surface area contributed by atoms with E-state index in [0.717, 1.165) is 5.56 Å². The van der Waals surface area contributed by atoms with Crippen LogP contribution < -0.4 is 25.1 Å². The largest absolute Gasteiger partial charge is 0.493 e. The first kappa shape index (κ1) is 23.7. The smallest absolute Gasteiger partial charge is 0.261 e. The molecule has 1 aromatic carbocycles. The molecule has 10 heteroatoms. The third-order valence-corrected chi connectivity index (χ3v) is 5.30. The van der Waals surface area contributed by atoms with Crippen LogP contribution in [0.5, 0.6) is 17.2 Å². The molecule has 4 rings (SSSR count). The number of anilines is 1. The van der Waals surface area contributed by atoms with Gasteiger partial charge in [-0.25, -0.2) is 9.97 Å². The molecule has 0 bridgehead atoms. The van der Waals surface area contributed by atoms with Gasteiger partial charge in [0.2, 0.25) is 5.91 Å². The van der Waals surface area contributed by atoms with Gasteiger partial charge in [-0.15, -0.1) is 0 Å². The predicted molar refractivity (Wildman–Crippen MR) is 130 cm³/mol. The molecule has 1 amide bonds.